The highest BCUT2D eigenvalue weighted by Crippen LogP contribution is 2.28. The number of carbonyl (C=O) groups excluding carboxylic acids is 2. The van der Waals surface area contributed by atoms with Gasteiger partial charge in [0.2, 0.25) is 0 Å². The third-order valence-electron chi connectivity index (χ3n) is 3.80. The molecule has 2 heterocycles. The Kier molecular flexibility index (Phi) is 5.13. The van der Waals surface area contributed by atoms with Gasteiger partial charge < -0.3 is 9.47 Å². The number of carbonyl (C=O) groups is 2. The molecule has 0 atom stereocenters. The standard InChI is InChI=1S/C18H17N3O4S/c1-11-8-9-12(26-11)10-19-21-16(13-6-4-5-7-14(13)20-21)15(17(22)24-2)18(23)25-3/h4-10,15H,1-3H3. The topological polar surface area (TPSA) is 82.8 Å². The lowest BCUT2D eigenvalue weighted by Gasteiger charge is -2.13. The van der Waals surface area contributed by atoms with Crippen molar-refractivity contribution >= 4 is 40.4 Å². The van der Waals surface area contributed by atoms with Crippen LogP contribution in [0.25, 0.3) is 10.9 Å². The van der Waals surface area contributed by atoms with E-state index in [-0.39, 0.29) is 0 Å². The maximum absolute atomic E-state index is 12.3. The fourth-order valence-corrected chi connectivity index (χ4v) is 3.33. The molecular formula is C18H17N3O4S. The zero-order valence-electron chi connectivity index (χ0n) is 14.5. The minimum atomic E-state index is -1.28. The second-order valence-corrected chi connectivity index (χ2v) is 6.78. The molecule has 1 aromatic carbocycles. The van der Waals surface area contributed by atoms with Gasteiger partial charge in [-0.25, -0.2) is 0 Å². The van der Waals surface area contributed by atoms with E-state index in [0.717, 1.165) is 9.75 Å². The second-order valence-electron chi connectivity index (χ2n) is 5.46. The molecule has 0 spiro atoms. The Morgan fingerprint density at radius 2 is 1.85 bits per heavy atom. The van der Waals surface area contributed by atoms with Gasteiger partial charge in [-0.1, -0.05) is 18.2 Å². The molecule has 0 aliphatic rings. The highest BCUT2D eigenvalue weighted by Gasteiger charge is 2.36. The molecule has 0 fully saturated rings. The summed E-state index contributed by atoms with van der Waals surface area (Å²) in [6.07, 6.45) is 1.64. The van der Waals surface area contributed by atoms with Crippen LogP contribution in [0.4, 0.5) is 0 Å². The minimum absolute atomic E-state index is 0.309. The van der Waals surface area contributed by atoms with Crippen molar-refractivity contribution < 1.29 is 19.1 Å². The number of aromatic nitrogens is 2. The smallest absolute Gasteiger partial charge is 0.326 e. The molecule has 2 aromatic heterocycles. The number of esters is 2. The van der Waals surface area contributed by atoms with Crippen LogP contribution >= 0.6 is 11.3 Å². The lowest BCUT2D eigenvalue weighted by molar-refractivity contribution is -0.154. The van der Waals surface area contributed by atoms with E-state index in [4.69, 9.17) is 9.47 Å². The average Bonchev–Trinajstić information content (AvgIpc) is 3.23. The molecule has 0 radical (unpaired) electrons. The number of benzene rings is 1. The van der Waals surface area contributed by atoms with Gasteiger partial charge in [-0.2, -0.15) is 15.0 Å². The Morgan fingerprint density at radius 1 is 1.15 bits per heavy atom. The predicted molar refractivity (Wildman–Crippen MR) is 98.6 cm³/mol. The second kappa shape index (κ2) is 7.49. The number of rotatable bonds is 5. The Bertz CT molecular complexity index is 973. The van der Waals surface area contributed by atoms with Crippen LogP contribution in [-0.4, -0.2) is 42.3 Å². The third kappa shape index (κ3) is 3.36. The van der Waals surface area contributed by atoms with Gasteiger partial charge in [0.05, 0.1) is 31.6 Å². The number of hydrogen-bond acceptors (Lipinski definition) is 7. The Balaban J connectivity index is 2.16. The third-order valence-corrected chi connectivity index (χ3v) is 4.74. The quantitative estimate of drug-likeness (QED) is 0.391. The molecule has 8 heteroatoms. The molecule has 0 bridgehead atoms. The Hall–Kier alpha value is -3.00. The Morgan fingerprint density at radius 3 is 2.46 bits per heavy atom. The highest BCUT2D eigenvalue weighted by atomic mass is 32.1. The van der Waals surface area contributed by atoms with E-state index >= 15 is 0 Å². The lowest BCUT2D eigenvalue weighted by Crippen LogP contribution is -2.26. The molecule has 0 aliphatic heterocycles. The van der Waals surface area contributed by atoms with Crippen molar-refractivity contribution in [3.63, 3.8) is 0 Å². The van der Waals surface area contributed by atoms with E-state index in [0.29, 0.717) is 16.6 Å². The van der Waals surface area contributed by atoms with E-state index < -0.39 is 17.9 Å². The molecule has 0 saturated heterocycles. The summed E-state index contributed by atoms with van der Waals surface area (Å²) in [5, 5.41) is 9.39. The number of aryl methyl sites for hydroxylation is 1. The molecular weight excluding hydrogens is 354 g/mol. The first-order chi connectivity index (χ1) is 12.5. The summed E-state index contributed by atoms with van der Waals surface area (Å²) < 4.78 is 9.60. The van der Waals surface area contributed by atoms with Crippen LogP contribution in [-0.2, 0) is 19.1 Å². The number of hydrogen-bond donors (Lipinski definition) is 0. The van der Waals surface area contributed by atoms with Gasteiger partial charge in [0.1, 0.15) is 0 Å². The largest absolute Gasteiger partial charge is 0.468 e. The van der Waals surface area contributed by atoms with Gasteiger partial charge in [0.15, 0.2) is 5.92 Å². The van der Waals surface area contributed by atoms with Crippen molar-refractivity contribution in [2.45, 2.75) is 12.8 Å². The van der Waals surface area contributed by atoms with Crippen molar-refractivity contribution in [3.8, 4) is 0 Å². The first-order valence-electron chi connectivity index (χ1n) is 7.79. The number of thiophene rings is 1. The number of fused-ring (bicyclic) bond motifs is 1. The number of ether oxygens (including phenoxy) is 2. The van der Waals surface area contributed by atoms with Gasteiger partial charge in [-0.15, -0.1) is 11.3 Å². The molecule has 0 unspecified atom stereocenters. The molecule has 0 amide bonds. The van der Waals surface area contributed by atoms with Crippen LogP contribution in [0.2, 0.25) is 0 Å². The van der Waals surface area contributed by atoms with Crippen molar-refractivity contribution in [3.05, 3.63) is 51.8 Å². The molecule has 0 saturated carbocycles. The van der Waals surface area contributed by atoms with Crippen molar-refractivity contribution in [1.82, 2.24) is 9.89 Å². The van der Waals surface area contributed by atoms with E-state index in [1.54, 1.807) is 35.8 Å². The van der Waals surface area contributed by atoms with Gasteiger partial charge in [0, 0.05) is 15.1 Å². The molecule has 26 heavy (non-hydrogen) atoms. The number of nitrogens with zero attached hydrogens (tertiary/aromatic N) is 3. The summed E-state index contributed by atoms with van der Waals surface area (Å²) in [5.41, 5.74) is 0.920. The fraction of sp³-hybridized carbons (Fsp3) is 0.222. The molecule has 0 N–H and O–H groups in total. The maximum atomic E-state index is 12.3. The summed E-state index contributed by atoms with van der Waals surface area (Å²) in [7, 11) is 2.44. The van der Waals surface area contributed by atoms with Crippen molar-refractivity contribution in [1.29, 1.82) is 0 Å². The van der Waals surface area contributed by atoms with Gasteiger partial charge in [-0.05, 0) is 25.1 Å². The van der Waals surface area contributed by atoms with Crippen LogP contribution in [0.15, 0.2) is 41.5 Å². The molecule has 3 aromatic rings. The van der Waals surface area contributed by atoms with Crippen LogP contribution in [0.1, 0.15) is 21.4 Å². The lowest BCUT2D eigenvalue weighted by atomic mass is 10.0. The molecule has 0 aliphatic carbocycles. The van der Waals surface area contributed by atoms with E-state index in [1.807, 2.05) is 25.1 Å². The van der Waals surface area contributed by atoms with E-state index in [1.165, 1.54) is 19.0 Å². The van der Waals surface area contributed by atoms with E-state index in [2.05, 4.69) is 10.2 Å². The summed E-state index contributed by atoms with van der Waals surface area (Å²) >= 11 is 1.58. The van der Waals surface area contributed by atoms with Gasteiger partial charge in [-0.3, -0.25) is 9.59 Å². The van der Waals surface area contributed by atoms with E-state index in [9.17, 15) is 9.59 Å². The van der Waals surface area contributed by atoms with Crippen LogP contribution in [0, 0.1) is 6.92 Å². The van der Waals surface area contributed by atoms with Crippen LogP contribution in [0.3, 0.4) is 0 Å². The maximum Gasteiger partial charge on any atom is 0.326 e. The summed E-state index contributed by atoms with van der Waals surface area (Å²) in [6.45, 7) is 2.00. The monoisotopic (exact) mass is 371 g/mol. The van der Waals surface area contributed by atoms with Gasteiger partial charge >= 0.3 is 11.9 Å². The normalized spacial score (nSPS) is 11.4. The van der Waals surface area contributed by atoms with Gasteiger partial charge in [0.25, 0.3) is 0 Å². The Labute approximate surface area is 153 Å². The molecule has 7 nitrogen and oxygen atoms in total. The fourth-order valence-electron chi connectivity index (χ4n) is 2.59. The minimum Gasteiger partial charge on any atom is -0.468 e. The van der Waals surface area contributed by atoms with Crippen LogP contribution < -0.4 is 0 Å². The zero-order valence-corrected chi connectivity index (χ0v) is 15.3. The summed E-state index contributed by atoms with van der Waals surface area (Å²) in [5.74, 6) is -2.74. The van der Waals surface area contributed by atoms with Crippen LogP contribution in [0.5, 0.6) is 0 Å². The zero-order chi connectivity index (χ0) is 18.7. The molecule has 3 rings (SSSR count). The van der Waals surface area contributed by atoms with Crippen molar-refractivity contribution in [2.75, 3.05) is 14.2 Å². The SMILES string of the molecule is COC(=O)C(C(=O)OC)c1c2ccccc2nn1N=Cc1ccc(C)s1. The number of methoxy groups -OCH3 is 2. The van der Waals surface area contributed by atoms with Crippen molar-refractivity contribution in [2.24, 2.45) is 5.10 Å². The first-order valence-corrected chi connectivity index (χ1v) is 8.61. The summed E-state index contributed by atoms with van der Waals surface area (Å²) in [6, 6.07) is 11.1. The summed E-state index contributed by atoms with van der Waals surface area (Å²) in [4.78, 5) is 27.9. The average molecular weight is 371 g/mol. The molecule has 134 valence electrons. The highest BCUT2D eigenvalue weighted by molar-refractivity contribution is 7.13. The predicted octanol–water partition coefficient (Wildman–Crippen LogP) is 2.72. The first kappa shape index (κ1) is 17.8.